The predicted molar refractivity (Wildman–Crippen MR) is 153 cm³/mol. The number of anilines is 3. The van der Waals surface area contributed by atoms with Crippen molar-refractivity contribution in [3.63, 3.8) is 0 Å². The Morgan fingerprint density at radius 1 is 1.00 bits per heavy atom. The van der Waals surface area contributed by atoms with Crippen LogP contribution in [0.5, 0.6) is 0 Å². The second-order valence-corrected chi connectivity index (χ2v) is 11.0. The fraction of sp³-hybridized carbons (Fsp3) is 0.433. The number of likely N-dealkylation sites (N-methyl/N-ethyl adjacent to an activating group) is 1. The maximum atomic E-state index is 15.7. The van der Waals surface area contributed by atoms with Gasteiger partial charge in [0.15, 0.2) is 0 Å². The number of piperazine rings is 1. The van der Waals surface area contributed by atoms with Gasteiger partial charge in [-0.2, -0.15) is 0 Å². The second kappa shape index (κ2) is 12.2. The minimum absolute atomic E-state index is 0.0323. The molecule has 8 nitrogen and oxygen atoms in total. The molecule has 2 fully saturated rings. The largest absolute Gasteiger partial charge is 0.375 e. The van der Waals surface area contributed by atoms with Crippen LogP contribution in [0.25, 0.3) is 11.1 Å². The Morgan fingerprint density at radius 2 is 1.69 bits per heavy atom. The zero-order valence-electron chi connectivity index (χ0n) is 24.0. The molecule has 3 atom stereocenters. The van der Waals surface area contributed by atoms with Crippen molar-refractivity contribution in [2.45, 2.75) is 45.4 Å². The zero-order valence-corrected chi connectivity index (χ0v) is 24.0. The van der Waals surface area contributed by atoms with E-state index in [1.54, 1.807) is 0 Å². The van der Waals surface area contributed by atoms with Crippen LogP contribution in [0.1, 0.15) is 43.1 Å². The molecule has 1 aromatic heterocycles. The number of alkyl halides is 2. The third-order valence-corrected chi connectivity index (χ3v) is 8.00. The number of nitrogens with zero attached hydrogens (tertiary/aromatic N) is 5. The van der Waals surface area contributed by atoms with Crippen LogP contribution >= 0.6 is 0 Å². The minimum Gasteiger partial charge on any atom is -0.375 e. The van der Waals surface area contributed by atoms with Gasteiger partial charge in [0.1, 0.15) is 11.6 Å². The average Bonchev–Trinajstić information content (AvgIpc) is 2.96. The monoisotopic (exact) mass is 586 g/mol. The van der Waals surface area contributed by atoms with Crippen LogP contribution in [-0.4, -0.2) is 78.8 Å². The highest BCUT2D eigenvalue weighted by molar-refractivity contribution is 6.07. The van der Waals surface area contributed by atoms with Gasteiger partial charge >= 0.3 is 0 Å². The van der Waals surface area contributed by atoms with E-state index in [1.807, 2.05) is 37.6 Å². The molecule has 1 N–H and O–H groups in total. The van der Waals surface area contributed by atoms with Gasteiger partial charge in [-0.05, 0) is 58.2 Å². The lowest BCUT2D eigenvalue weighted by Gasteiger charge is -2.44. The van der Waals surface area contributed by atoms with Gasteiger partial charge in [0.05, 0.1) is 24.1 Å². The van der Waals surface area contributed by atoms with E-state index >= 15 is 4.39 Å². The molecule has 3 heterocycles. The lowest BCUT2D eigenvalue weighted by Crippen LogP contribution is -2.55. The summed E-state index contributed by atoms with van der Waals surface area (Å²) in [5.41, 5.74) is 0.0810. The van der Waals surface area contributed by atoms with Crippen LogP contribution in [-0.2, 0) is 4.74 Å². The normalized spacial score (nSPS) is 21.6. The van der Waals surface area contributed by atoms with E-state index in [-0.39, 0.29) is 35.0 Å². The van der Waals surface area contributed by atoms with Crippen molar-refractivity contribution in [3.8, 4) is 11.1 Å². The number of nitrogens with one attached hydrogen (secondary N) is 1. The van der Waals surface area contributed by atoms with Crippen molar-refractivity contribution in [3.05, 3.63) is 65.5 Å². The van der Waals surface area contributed by atoms with E-state index in [2.05, 4.69) is 20.2 Å². The first kappa shape index (κ1) is 29.7. The molecule has 12 heteroatoms. The number of amides is 1. The second-order valence-electron chi connectivity index (χ2n) is 11.0. The summed E-state index contributed by atoms with van der Waals surface area (Å²) in [6, 6.07) is 5.69. The van der Waals surface area contributed by atoms with Gasteiger partial charge < -0.3 is 19.9 Å². The van der Waals surface area contributed by atoms with E-state index in [4.69, 9.17) is 4.74 Å². The van der Waals surface area contributed by atoms with Crippen LogP contribution in [0.2, 0.25) is 0 Å². The van der Waals surface area contributed by atoms with E-state index in [9.17, 15) is 18.0 Å². The molecule has 2 saturated heterocycles. The Kier molecular flexibility index (Phi) is 8.65. The van der Waals surface area contributed by atoms with Crippen LogP contribution < -0.4 is 15.1 Å². The number of rotatable bonds is 6. The van der Waals surface area contributed by atoms with Crippen molar-refractivity contribution in [1.29, 1.82) is 0 Å². The Balaban J connectivity index is 1.52. The number of ether oxygens (including phenoxy) is 1. The molecule has 224 valence electrons. The molecule has 0 unspecified atom stereocenters. The maximum absolute atomic E-state index is 15.7. The number of hydrogen-bond donors (Lipinski definition) is 1. The molecule has 1 amide bonds. The number of carbonyl (C=O) groups excluding carboxylic acids is 1. The van der Waals surface area contributed by atoms with Crippen molar-refractivity contribution in [2.24, 2.45) is 0 Å². The van der Waals surface area contributed by atoms with E-state index < -0.39 is 29.5 Å². The standard InChI is InChI=1S/C30H34F4N6O2/c1-17-14-40(15-18(2)38(17)4)27-11-25(32)23(20-12-35-30(36-13-20)39-7-8-42-19(3)16-39)10-26(27)37-29(41)22-6-5-21(31)9-24(22)28(33)34/h5-6,9-13,17-19,28H,7-8,14-16H2,1-4H3,(H,37,41)/t17-,18+,19-/m0/s1. The highest BCUT2D eigenvalue weighted by atomic mass is 19.3. The average molecular weight is 587 g/mol. The quantitative estimate of drug-likeness (QED) is 0.390. The number of hydrogen-bond acceptors (Lipinski definition) is 7. The molecule has 0 aliphatic carbocycles. The fourth-order valence-corrected chi connectivity index (χ4v) is 5.48. The summed E-state index contributed by atoms with van der Waals surface area (Å²) in [6.45, 7) is 8.98. The molecular weight excluding hydrogens is 552 g/mol. The lowest BCUT2D eigenvalue weighted by molar-refractivity contribution is 0.0526. The molecule has 0 bridgehead atoms. The number of carbonyl (C=O) groups is 1. The van der Waals surface area contributed by atoms with Crippen LogP contribution in [0.3, 0.4) is 0 Å². The number of aromatic nitrogens is 2. The first-order valence-corrected chi connectivity index (χ1v) is 13.9. The highest BCUT2D eigenvalue weighted by Crippen LogP contribution is 2.36. The minimum atomic E-state index is -3.06. The Morgan fingerprint density at radius 3 is 2.33 bits per heavy atom. The fourth-order valence-electron chi connectivity index (χ4n) is 5.48. The SMILES string of the molecule is C[C@@H]1CN(c2cc(F)c(-c3cnc(N4CCO[C@@H](C)C4)nc3)cc2NC(=O)c2ccc(F)cc2C(F)F)C[C@H](C)N1C. The Bertz CT molecular complexity index is 1430. The summed E-state index contributed by atoms with van der Waals surface area (Å²) in [4.78, 5) is 28.4. The maximum Gasteiger partial charge on any atom is 0.264 e. The molecule has 2 aliphatic rings. The molecule has 0 radical (unpaired) electrons. The third kappa shape index (κ3) is 6.19. The smallest absolute Gasteiger partial charge is 0.264 e. The molecule has 3 aromatic rings. The van der Waals surface area contributed by atoms with Gasteiger partial charge in [0.25, 0.3) is 12.3 Å². The summed E-state index contributed by atoms with van der Waals surface area (Å²) in [6.07, 6.45) is 0.00115. The van der Waals surface area contributed by atoms with Crippen molar-refractivity contribution < 1.29 is 27.1 Å². The Hall–Kier alpha value is -3.77. The zero-order chi connectivity index (χ0) is 30.1. The molecule has 2 aromatic carbocycles. The molecule has 0 saturated carbocycles. The Labute approximate surface area is 242 Å². The van der Waals surface area contributed by atoms with Crippen molar-refractivity contribution >= 4 is 23.2 Å². The lowest BCUT2D eigenvalue weighted by atomic mass is 10.0. The van der Waals surface area contributed by atoms with E-state index in [1.165, 1.54) is 24.5 Å². The van der Waals surface area contributed by atoms with Gasteiger partial charge in [-0.1, -0.05) is 0 Å². The molecule has 5 rings (SSSR count). The molecule has 0 spiro atoms. The number of morpholine rings is 1. The summed E-state index contributed by atoms with van der Waals surface area (Å²) in [5, 5.41) is 2.71. The predicted octanol–water partition coefficient (Wildman–Crippen LogP) is 5.37. The van der Waals surface area contributed by atoms with Gasteiger partial charge in [0, 0.05) is 72.9 Å². The first-order chi connectivity index (χ1) is 20.0. The van der Waals surface area contributed by atoms with Gasteiger partial charge in [-0.15, -0.1) is 0 Å². The summed E-state index contributed by atoms with van der Waals surface area (Å²) in [5.74, 6) is -1.78. The topological polar surface area (TPSA) is 73.8 Å². The van der Waals surface area contributed by atoms with E-state index in [0.29, 0.717) is 56.1 Å². The summed E-state index contributed by atoms with van der Waals surface area (Å²) < 4.78 is 62.4. The number of benzene rings is 2. The van der Waals surface area contributed by atoms with Gasteiger partial charge in [-0.3, -0.25) is 9.69 Å². The number of halogens is 4. The van der Waals surface area contributed by atoms with E-state index in [0.717, 1.165) is 12.1 Å². The molecule has 42 heavy (non-hydrogen) atoms. The molecule has 2 aliphatic heterocycles. The molecular formula is C30H34F4N6O2. The van der Waals surface area contributed by atoms with Crippen LogP contribution in [0, 0.1) is 11.6 Å². The summed E-state index contributed by atoms with van der Waals surface area (Å²) in [7, 11) is 2.01. The van der Waals surface area contributed by atoms with Crippen LogP contribution in [0.4, 0.5) is 34.9 Å². The van der Waals surface area contributed by atoms with Crippen LogP contribution in [0.15, 0.2) is 42.7 Å². The first-order valence-electron chi connectivity index (χ1n) is 13.9. The highest BCUT2D eigenvalue weighted by Gasteiger charge is 2.30. The van der Waals surface area contributed by atoms with Crippen molar-refractivity contribution in [2.75, 3.05) is 55.0 Å². The van der Waals surface area contributed by atoms with Gasteiger partial charge in [0.2, 0.25) is 5.95 Å². The van der Waals surface area contributed by atoms with Crippen molar-refractivity contribution in [1.82, 2.24) is 14.9 Å². The van der Waals surface area contributed by atoms with Gasteiger partial charge in [-0.25, -0.2) is 27.5 Å². The third-order valence-electron chi connectivity index (χ3n) is 8.00. The summed E-state index contributed by atoms with van der Waals surface area (Å²) >= 11 is 0.